The van der Waals surface area contributed by atoms with Gasteiger partial charge in [-0.1, -0.05) is 31.2 Å². The maximum atomic E-state index is 12.3. The summed E-state index contributed by atoms with van der Waals surface area (Å²) < 4.78 is 0. The molecule has 0 aliphatic heterocycles. The Bertz CT molecular complexity index is 543. The Hall–Kier alpha value is -1.54. The normalized spacial score (nSPS) is 10.3. The molecule has 0 aliphatic carbocycles. The summed E-state index contributed by atoms with van der Waals surface area (Å²) in [5.41, 5.74) is 2.56. The largest absolute Gasteiger partial charge is 0.289 e. The van der Waals surface area contributed by atoms with Crippen LogP contribution in [0, 0.1) is 6.92 Å². The van der Waals surface area contributed by atoms with Gasteiger partial charge in [0.2, 0.25) is 0 Å². The minimum Gasteiger partial charge on any atom is -0.289 e. The van der Waals surface area contributed by atoms with Crippen molar-refractivity contribution in [3.8, 4) is 0 Å². The third kappa shape index (κ3) is 2.82. The Morgan fingerprint density at radius 3 is 2.33 bits per heavy atom. The van der Waals surface area contributed by atoms with Crippen LogP contribution in [0.1, 0.15) is 28.4 Å². The van der Waals surface area contributed by atoms with Crippen LogP contribution in [0.3, 0.4) is 0 Å². The maximum Gasteiger partial charge on any atom is 0.193 e. The second kappa shape index (κ2) is 5.87. The Labute approximate surface area is 112 Å². The fourth-order valence-corrected chi connectivity index (χ4v) is 2.51. The molecule has 1 nitrogen and oxygen atoms in total. The summed E-state index contributed by atoms with van der Waals surface area (Å²) >= 11 is 1.78. The first kappa shape index (κ1) is 12.9. The average Bonchev–Trinajstić information content (AvgIpc) is 2.40. The molecule has 0 amide bonds. The lowest BCUT2D eigenvalue weighted by Crippen LogP contribution is -2.03. The van der Waals surface area contributed by atoms with Crippen LogP contribution in [0.15, 0.2) is 53.4 Å². The first-order valence-electron chi connectivity index (χ1n) is 6.05. The smallest absolute Gasteiger partial charge is 0.193 e. The van der Waals surface area contributed by atoms with Gasteiger partial charge in [-0.3, -0.25) is 4.79 Å². The van der Waals surface area contributed by atoms with Gasteiger partial charge in [-0.05, 0) is 42.5 Å². The van der Waals surface area contributed by atoms with E-state index in [1.807, 2.05) is 55.5 Å². The predicted octanol–water partition coefficient (Wildman–Crippen LogP) is 4.34. The van der Waals surface area contributed by atoms with Gasteiger partial charge < -0.3 is 0 Å². The molecule has 2 aromatic rings. The molecule has 0 N–H and O–H groups in total. The summed E-state index contributed by atoms with van der Waals surface area (Å²) in [6.45, 7) is 4.09. The van der Waals surface area contributed by atoms with E-state index in [-0.39, 0.29) is 5.78 Å². The molecule has 0 aliphatic rings. The Morgan fingerprint density at radius 2 is 1.72 bits per heavy atom. The molecule has 92 valence electrons. The van der Waals surface area contributed by atoms with Gasteiger partial charge in [0.05, 0.1) is 0 Å². The fraction of sp³-hybridized carbons (Fsp3) is 0.188. The topological polar surface area (TPSA) is 17.1 Å². The molecule has 2 rings (SSSR count). The number of hydrogen-bond donors (Lipinski definition) is 0. The molecule has 2 aromatic carbocycles. The lowest BCUT2D eigenvalue weighted by Gasteiger charge is -2.05. The molecule has 0 aromatic heterocycles. The van der Waals surface area contributed by atoms with E-state index in [2.05, 4.69) is 6.92 Å². The van der Waals surface area contributed by atoms with Crippen molar-refractivity contribution in [3.05, 3.63) is 65.2 Å². The van der Waals surface area contributed by atoms with Gasteiger partial charge in [0.15, 0.2) is 5.78 Å². The van der Waals surface area contributed by atoms with E-state index in [0.717, 1.165) is 22.4 Å². The summed E-state index contributed by atoms with van der Waals surface area (Å²) in [4.78, 5) is 13.5. The Balaban J connectivity index is 2.27. The van der Waals surface area contributed by atoms with E-state index in [1.54, 1.807) is 11.8 Å². The Kier molecular flexibility index (Phi) is 4.21. The molecule has 0 fully saturated rings. The number of thioether (sulfide) groups is 1. The van der Waals surface area contributed by atoms with Crippen molar-refractivity contribution in [1.29, 1.82) is 0 Å². The number of aryl methyl sites for hydroxylation is 1. The number of hydrogen-bond acceptors (Lipinski definition) is 2. The number of carbonyl (C=O) groups is 1. The van der Waals surface area contributed by atoms with Crippen LogP contribution in [0.4, 0.5) is 0 Å². The highest BCUT2D eigenvalue weighted by atomic mass is 32.2. The lowest BCUT2D eigenvalue weighted by atomic mass is 9.99. The number of benzene rings is 2. The molecular formula is C16H16OS. The van der Waals surface area contributed by atoms with Gasteiger partial charge in [-0.15, -0.1) is 11.8 Å². The van der Waals surface area contributed by atoms with Gasteiger partial charge >= 0.3 is 0 Å². The van der Waals surface area contributed by atoms with Crippen molar-refractivity contribution in [3.63, 3.8) is 0 Å². The lowest BCUT2D eigenvalue weighted by molar-refractivity contribution is 0.103. The number of ketones is 1. The van der Waals surface area contributed by atoms with Crippen molar-refractivity contribution in [2.45, 2.75) is 18.7 Å². The van der Waals surface area contributed by atoms with Crippen LogP contribution >= 0.6 is 11.8 Å². The molecule has 18 heavy (non-hydrogen) atoms. The predicted molar refractivity (Wildman–Crippen MR) is 77.5 cm³/mol. The summed E-state index contributed by atoms with van der Waals surface area (Å²) in [6, 6.07) is 15.6. The zero-order chi connectivity index (χ0) is 13.0. The molecule has 0 unspecified atom stereocenters. The first-order chi connectivity index (χ1) is 8.72. The van der Waals surface area contributed by atoms with Gasteiger partial charge in [0.1, 0.15) is 0 Å². The van der Waals surface area contributed by atoms with E-state index < -0.39 is 0 Å². The van der Waals surface area contributed by atoms with Crippen LogP contribution in [0.2, 0.25) is 0 Å². The van der Waals surface area contributed by atoms with Crippen molar-refractivity contribution in [2.24, 2.45) is 0 Å². The second-order valence-corrected chi connectivity index (χ2v) is 5.44. The number of carbonyl (C=O) groups excluding carboxylic acids is 1. The SMILES string of the molecule is CCSc1ccc(C(=O)c2ccccc2C)cc1. The van der Waals surface area contributed by atoms with E-state index in [0.29, 0.717) is 0 Å². The minimum atomic E-state index is 0.0983. The molecule has 0 heterocycles. The number of rotatable bonds is 4. The zero-order valence-corrected chi connectivity index (χ0v) is 11.5. The molecule has 0 atom stereocenters. The average molecular weight is 256 g/mol. The zero-order valence-electron chi connectivity index (χ0n) is 10.6. The van der Waals surface area contributed by atoms with Crippen molar-refractivity contribution in [2.75, 3.05) is 5.75 Å². The third-order valence-electron chi connectivity index (χ3n) is 2.82. The standard InChI is InChI=1S/C16H16OS/c1-3-18-14-10-8-13(9-11-14)16(17)15-7-5-4-6-12(15)2/h4-11H,3H2,1-2H3. The summed E-state index contributed by atoms with van der Waals surface area (Å²) in [5.74, 6) is 1.14. The maximum absolute atomic E-state index is 12.3. The Morgan fingerprint density at radius 1 is 1.06 bits per heavy atom. The van der Waals surface area contributed by atoms with Crippen LogP contribution in [-0.2, 0) is 0 Å². The molecule has 0 saturated heterocycles. The summed E-state index contributed by atoms with van der Waals surface area (Å²) in [6.07, 6.45) is 0. The first-order valence-corrected chi connectivity index (χ1v) is 7.04. The molecule has 0 radical (unpaired) electrons. The summed E-state index contributed by atoms with van der Waals surface area (Å²) in [5, 5.41) is 0. The highest BCUT2D eigenvalue weighted by molar-refractivity contribution is 7.99. The van der Waals surface area contributed by atoms with Gasteiger partial charge in [0.25, 0.3) is 0 Å². The molecule has 0 saturated carbocycles. The third-order valence-corrected chi connectivity index (χ3v) is 3.71. The fourth-order valence-electron chi connectivity index (χ4n) is 1.85. The minimum absolute atomic E-state index is 0.0983. The van der Waals surface area contributed by atoms with Crippen LogP contribution in [0.5, 0.6) is 0 Å². The van der Waals surface area contributed by atoms with E-state index in [9.17, 15) is 4.79 Å². The van der Waals surface area contributed by atoms with Gasteiger partial charge in [-0.2, -0.15) is 0 Å². The second-order valence-electron chi connectivity index (χ2n) is 4.10. The van der Waals surface area contributed by atoms with Crippen molar-refractivity contribution < 1.29 is 4.79 Å². The monoisotopic (exact) mass is 256 g/mol. The van der Waals surface area contributed by atoms with Crippen LogP contribution < -0.4 is 0 Å². The van der Waals surface area contributed by atoms with Crippen LogP contribution in [-0.4, -0.2) is 11.5 Å². The van der Waals surface area contributed by atoms with E-state index in [4.69, 9.17) is 0 Å². The molecule has 0 spiro atoms. The highest BCUT2D eigenvalue weighted by Crippen LogP contribution is 2.20. The quantitative estimate of drug-likeness (QED) is 0.598. The molecule has 2 heteroatoms. The van der Waals surface area contributed by atoms with E-state index >= 15 is 0 Å². The molecular weight excluding hydrogens is 240 g/mol. The van der Waals surface area contributed by atoms with Crippen molar-refractivity contribution in [1.82, 2.24) is 0 Å². The van der Waals surface area contributed by atoms with Crippen LogP contribution in [0.25, 0.3) is 0 Å². The highest BCUT2D eigenvalue weighted by Gasteiger charge is 2.10. The van der Waals surface area contributed by atoms with Gasteiger partial charge in [-0.25, -0.2) is 0 Å². The van der Waals surface area contributed by atoms with Crippen molar-refractivity contribution >= 4 is 17.5 Å². The summed E-state index contributed by atoms with van der Waals surface area (Å²) in [7, 11) is 0. The molecule has 0 bridgehead atoms. The van der Waals surface area contributed by atoms with E-state index in [1.165, 1.54) is 4.90 Å². The van der Waals surface area contributed by atoms with Gasteiger partial charge in [0, 0.05) is 16.0 Å².